The fraction of sp³-hybridized carbons (Fsp3) is 0.278. The summed E-state index contributed by atoms with van der Waals surface area (Å²) in [5, 5.41) is 2.76. The molecular formula is C18H20FNO. The van der Waals surface area contributed by atoms with E-state index in [1.807, 2.05) is 0 Å². The molecule has 2 rings (SSSR count). The van der Waals surface area contributed by atoms with Gasteiger partial charge in [-0.05, 0) is 37.5 Å². The Labute approximate surface area is 125 Å². The highest BCUT2D eigenvalue weighted by atomic mass is 19.1. The van der Waals surface area contributed by atoms with Crippen molar-refractivity contribution in [3.63, 3.8) is 0 Å². The predicted molar refractivity (Wildman–Crippen MR) is 82.5 cm³/mol. The van der Waals surface area contributed by atoms with Crippen molar-refractivity contribution in [1.82, 2.24) is 5.32 Å². The van der Waals surface area contributed by atoms with Crippen LogP contribution in [-0.2, 0) is 17.8 Å². The number of nitrogens with one attached hydrogen (secondary N) is 1. The van der Waals surface area contributed by atoms with Crippen LogP contribution in [0.4, 0.5) is 4.39 Å². The summed E-state index contributed by atoms with van der Waals surface area (Å²) in [5.74, 6) is -0.342. The Morgan fingerprint density at radius 2 is 1.86 bits per heavy atom. The molecule has 110 valence electrons. The van der Waals surface area contributed by atoms with Gasteiger partial charge in [-0.3, -0.25) is 4.79 Å². The van der Waals surface area contributed by atoms with Gasteiger partial charge in [0.1, 0.15) is 5.82 Å². The summed E-state index contributed by atoms with van der Waals surface area (Å²) in [6.07, 6.45) is 1.12. The van der Waals surface area contributed by atoms with Crippen molar-refractivity contribution in [2.24, 2.45) is 0 Å². The molecule has 1 amide bonds. The molecule has 2 nitrogen and oxygen atoms in total. The summed E-state index contributed by atoms with van der Waals surface area (Å²) in [5.41, 5.74) is 4.12. The molecule has 0 radical (unpaired) electrons. The van der Waals surface area contributed by atoms with E-state index in [1.54, 1.807) is 18.2 Å². The maximum absolute atomic E-state index is 13.4. The average molecular weight is 285 g/mol. The molecule has 0 unspecified atom stereocenters. The molecule has 0 saturated carbocycles. The standard InChI is InChI=1S/C18H20FNO/c1-13-7-8-15(14(2)11-13)9-10-18(21)20-12-16-5-3-4-6-17(16)19/h3-8,11H,9-10,12H2,1-2H3,(H,20,21). The molecule has 0 spiro atoms. The lowest BCUT2D eigenvalue weighted by Gasteiger charge is -2.08. The first-order valence-corrected chi connectivity index (χ1v) is 7.12. The molecule has 21 heavy (non-hydrogen) atoms. The van der Waals surface area contributed by atoms with Gasteiger partial charge < -0.3 is 5.32 Å². The minimum Gasteiger partial charge on any atom is -0.352 e. The highest BCUT2D eigenvalue weighted by Gasteiger charge is 2.06. The quantitative estimate of drug-likeness (QED) is 0.892. The Balaban J connectivity index is 1.84. The van der Waals surface area contributed by atoms with Gasteiger partial charge in [0.25, 0.3) is 0 Å². The third-order valence-corrected chi connectivity index (χ3v) is 3.55. The van der Waals surface area contributed by atoms with Crippen LogP contribution in [0, 0.1) is 19.7 Å². The number of halogens is 1. The second-order valence-electron chi connectivity index (χ2n) is 5.30. The summed E-state index contributed by atoms with van der Waals surface area (Å²) in [6.45, 7) is 4.34. The summed E-state index contributed by atoms with van der Waals surface area (Å²) in [6, 6.07) is 12.7. The van der Waals surface area contributed by atoms with Gasteiger partial charge in [-0.15, -0.1) is 0 Å². The Morgan fingerprint density at radius 1 is 1.10 bits per heavy atom. The lowest BCUT2D eigenvalue weighted by Crippen LogP contribution is -2.23. The number of carbonyl (C=O) groups excluding carboxylic acids is 1. The van der Waals surface area contributed by atoms with Crippen molar-refractivity contribution in [2.75, 3.05) is 0 Å². The molecule has 0 heterocycles. The molecule has 2 aromatic rings. The number of benzene rings is 2. The van der Waals surface area contributed by atoms with Gasteiger partial charge in [-0.1, -0.05) is 42.0 Å². The monoisotopic (exact) mass is 285 g/mol. The lowest BCUT2D eigenvalue weighted by atomic mass is 10.0. The zero-order chi connectivity index (χ0) is 15.2. The molecule has 1 N–H and O–H groups in total. The molecule has 3 heteroatoms. The molecule has 0 aromatic heterocycles. The van der Waals surface area contributed by atoms with E-state index in [-0.39, 0.29) is 18.3 Å². The fourth-order valence-corrected chi connectivity index (χ4v) is 2.30. The van der Waals surface area contributed by atoms with Gasteiger partial charge in [-0.25, -0.2) is 4.39 Å². The topological polar surface area (TPSA) is 29.1 Å². The van der Waals surface area contributed by atoms with E-state index in [2.05, 4.69) is 37.4 Å². The summed E-state index contributed by atoms with van der Waals surface area (Å²) in [4.78, 5) is 11.8. The van der Waals surface area contributed by atoms with Gasteiger partial charge in [0.05, 0.1) is 0 Å². The summed E-state index contributed by atoms with van der Waals surface area (Å²) >= 11 is 0. The summed E-state index contributed by atoms with van der Waals surface area (Å²) in [7, 11) is 0. The molecule has 0 fully saturated rings. The molecule has 0 atom stereocenters. The van der Waals surface area contributed by atoms with Crippen molar-refractivity contribution in [2.45, 2.75) is 33.2 Å². The molecular weight excluding hydrogens is 265 g/mol. The lowest BCUT2D eigenvalue weighted by molar-refractivity contribution is -0.121. The van der Waals surface area contributed by atoms with E-state index < -0.39 is 0 Å². The average Bonchev–Trinajstić information content (AvgIpc) is 2.45. The number of hydrogen-bond acceptors (Lipinski definition) is 1. The van der Waals surface area contributed by atoms with E-state index in [0.29, 0.717) is 18.4 Å². The van der Waals surface area contributed by atoms with Gasteiger partial charge in [-0.2, -0.15) is 0 Å². The van der Waals surface area contributed by atoms with Gasteiger partial charge >= 0.3 is 0 Å². The van der Waals surface area contributed by atoms with Crippen molar-refractivity contribution >= 4 is 5.91 Å². The summed E-state index contributed by atoms with van der Waals surface area (Å²) < 4.78 is 13.4. The normalized spacial score (nSPS) is 10.4. The number of rotatable bonds is 5. The molecule has 0 aliphatic rings. The largest absolute Gasteiger partial charge is 0.352 e. The zero-order valence-corrected chi connectivity index (χ0v) is 12.4. The minimum absolute atomic E-state index is 0.0572. The van der Waals surface area contributed by atoms with Crippen LogP contribution < -0.4 is 5.32 Å². The van der Waals surface area contributed by atoms with Crippen LogP contribution in [0.5, 0.6) is 0 Å². The Morgan fingerprint density at radius 3 is 2.57 bits per heavy atom. The van der Waals surface area contributed by atoms with Gasteiger partial charge in [0.15, 0.2) is 0 Å². The Hall–Kier alpha value is -2.16. The van der Waals surface area contributed by atoms with E-state index in [1.165, 1.54) is 22.8 Å². The maximum Gasteiger partial charge on any atom is 0.220 e. The highest BCUT2D eigenvalue weighted by Crippen LogP contribution is 2.12. The number of amides is 1. The number of aryl methyl sites for hydroxylation is 3. The van der Waals surface area contributed by atoms with E-state index in [0.717, 1.165) is 0 Å². The maximum atomic E-state index is 13.4. The third-order valence-electron chi connectivity index (χ3n) is 3.55. The van der Waals surface area contributed by atoms with Crippen LogP contribution in [0.25, 0.3) is 0 Å². The van der Waals surface area contributed by atoms with Crippen molar-refractivity contribution in [1.29, 1.82) is 0 Å². The van der Waals surface area contributed by atoms with Crippen molar-refractivity contribution in [3.05, 3.63) is 70.5 Å². The molecule has 0 bridgehead atoms. The molecule has 0 saturated heterocycles. The first kappa shape index (κ1) is 15.2. The van der Waals surface area contributed by atoms with E-state index in [4.69, 9.17) is 0 Å². The second-order valence-corrected chi connectivity index (χ2v) is 5.30. The van der Waals surface area contributed by atoms with Crippen LogP contribution in [0.15, 0.2) is 42.5 Å². The number of hydrogen-bond donors (Lipinski definition) is 1. The smallest absolute Gasteiger partial charge is 0.220 e. The first-order chi connectivity index (χ1) is 10.1. The third kappa shape index (κ3) is 4.42. The second kappa shape index (κ2) is 7.02. The molecule has 0 aliphatic heterocycles. The Bertz CT molecular complexity index is 637. The SMILES string of the molecule is Cc1ccc(CCC(=O)NCc2ccccc2F)c(C)c1. The Kier molecular flexibility index (Phi) is 5.09. The molecule has 0 aliphatic carbocycles. The zero-order valence-electron chi connectivity index (χ0n) is 12.4. The van der Waals surface area contributed by atoms with Crippen LogP contribution in [0.1, 0.15) is 28.7 Å². The fourth-order valence-electron chi connectivity index (χ4n) is 2.30. The van der Waals surface area contributed by atoms with Gasteiger partial charge in [0, 0.05) is 18.5 Å². The van der Waals surface area contributed by atoms with Crippen LogP contribution in [-0.4, -0.2) is 5.91 Å². The van der Waals surface area contributed by atoms with Gasteiger partial charge in [0.2, 0.25) is 5.91 Å². The highest BCUT2D eigenvalue weighted by molar-refractivity contribution is 5.76. The van der Waals surface area contributed by atoms with Crippen LogP contribution in [0.3, 0.4) is 0 Å². The van der Waals surface area contributed by atoms with E-state index in [9.17, 15) is 9.18 Å². The predicted octanol–water partition coefficient (Wildman–Crippen LogP) is 3.69. The molecule has 2 aromatic carbocycles. The first-order valence-electron chi connectivity index (χ1n) is 7.12. The van der Waals surface area contributed by atoms with Crippen LogP contribution in [0.2, 0.25) is 0 Å². The minimum atomic E-state index is -0.285. The number of carbonyl (C=O) groups is 1. The van der Waals surface area contributed by atoms with Crippen molar-refractivity contribution < 1.29 is 9.18 Å². The van der Waals surface area contributed by atoms with Crippen molar-refractivity contribution in [3.8, 4) is 0 Å². The van der Waals surface area contributed by atoms with E-state index >= 15 is 0 Å². The van der Waals surface area contributed by atoms with Crippen LogP contribution >= 0.6 is 0 Å².